The van der Waals surface area contributed by atoms with Gasteiger partial charge in [-0.1, -0.05) is 66.2 Å². The minimum atomic E-state index is -1.33. The van der Waals surface area contributed by atoms with Crippen LogP contribution in [-0.4, -0.2) is 83.3 Å². The number of benzene rings is 2. The van der Waals surface area contributed by atoms with Crippen LogP contribution in [0.3, 0.4) is 0 Å². The van der Waals surface area contributed by atoms with Crippen molar-refractivity contribution in [1.29, 1.82) is 0 Å². The molecule has 11 heteroatoms. The Bertz CT molecular complexity index is 1530. The molecular weight excluding hydrogens is 634 g/mol. The lowest BCUT2D eigenvalue weighted by Crippen LogP contribution is -2.59. The van der Waals surface area contributed by atoms with Gasteiger partial charge in [0, 0.05) is 13.0 Å². The molecule has 3 heterocycles. The first-order valence-corrected chi connectivity index (χ1v) is 16.9. The van der Waals surface area contributed by atoms with Crippen LogP contribution in [0.4, 0.5) is 5.69 Å². The summed E-state index contributed by atoms with van der Waals surface area (Å²) in [6.45, 7) is 10.8. The smallest absolute Gasteiger partial charge is 0.312 e. The van der Waals surface area contributed by atoms with Crippen molar-refractivity contribution in [3.05, 3.63) is 90.0 Å². The molecule has 0 aromatic heterocycles. The molecule has 2 aromatic rings. The maximum atomic E-state index is 15.0. The molecule has 3 saturated heterocycles. The summed E-state index contributed by atoms with van der Waals surface area (Å²) in [5, 5.41) is 13.9. The van der Waals surface area contributed by atoms with Crippen LogP contribution in [0.2, 0.25) is 5.02 Å². The second-order valence-electron chi connectivity index (χ2n) is 12.8. The molecule has 2 N–H and O–H groups in total. The number of fused-ring (bicyclic) bond motifs is 1. The number of aliphatic hydroxyl groups excluding tert-OH is 1. The van der Waals surface area contributed by atoms with E-state index in [0.29, 0.717) is 30.0 Å². The number of likely N-dealkylation sites (tertiary alicyclic amines) is 1. The molecule has 0 saturated carbocycles. The van der Waals surface area contributed by atoms with Crippen LogP contribution in [0.1, 0.15) is 43.7 Å². The Labute approximate surface area is 286 Å². The van der Waals surface area contributed by atoms with E-state index in [2.05, 4.69) is 18.5 Å². The second-order valence-corrected chi connectivity index (χ2v) is 13.3. The van der Waals surface area contributed by atoms with Crippen LogP contribution in [0, 0.1) is 18.8 Å². The number of esters is 1. The number of carbonyl (C=O) groups is 4. The molecule has 256 valence electrons. The maximum absolute atomic E-state index is 15.0. The zero-order valence-corrected chi connectivity index (χ0v) is 28.2. The number of nitrogens with one attached hydrogen (secondary N) is 1. The number of amides is 3. The standard InChI is InChI=1S/C37H44ClN3O7/c1-5-7-16-29(43)39-21-24(4)47-36(46)30-28-17-18-37(48-28)31(30)34(44)41(26(22-42)20-25-13-9-8-10-14-25)33(37)35(45)40(19-6-2)32-23(3)12-11-15-27(32)38/h5-6,8-15,24,26,28,30-31,33,42H,1-2,7,16-22H2,3-4H3,(H,39,43)/t24-,26-,28-,30+,31+,33-,37+/m1/s1. The van der Waals surface area contributed by atoms with E-state index in [1.807, 2.05) is 43.3 Å². The molecule has 3 fully saturated rings. The molecule has 0 aliphatic carbocycles. The highest BCUT2D eigenvalue weighted by atomic mass is 35.5. The van der Waals surface area contributed by atoms with Crippen LogP contribution in [0.5, 0.6) is 0 Å². The Kier molecular flexibility index (Phi) is 11.1. The van der Waals surface area contributed by atoms with Gasteiger partial charge in [-0.3, -0.25) is 19.2 Å². The number of aryl methyl sites for hydroxylation is 1. The van der Waals surface area contributed by atoms with Gasteiger partial charge in [0.2, 0.25) is 11.8 Å². The first-order valence-electron chi connectivity index (χ1n) is 16.5. The van der Waals surface area contributed by atoms with E-state index in [4.69, 9.17) is 21.1 Å². The van der Waals surface area contributed by atoms with Crippen molar-refractivity contribution in [2.75, 3.05) is 24.6 Å². The normalized spacial score (nSPS) is 25.2. The van der Waals surface area contributed by atoms with Crippen molar-refractivity contribution in [3.63, 3.8) is 0 Å². The molecule has 2 aromatic carbocycles. The van der Waals surface area contributed by atoms with E-state index in [9.17, 15) is 24.3 Å². The Morgan fingerprint density at radius 3 is 2.60 bits per heavy atom. The number of nitrogens with zero attached hydrogens (tertiary/aromatic N) is 2. The number of para-hydroxylation sites is 1. The Hall–Kier alpha value is -3.99. The zero-order valence-electron chi connectivity index (χ0n) is 27.5. The van der Waals surface area contributed by atoms with Gasteiger partial charge in [0.15, 0.2) is 0 Å². The Morgan fingerprint density at radius 2 is 1.94 bits per heavy atom. The first kappa shape index (κ1) is 35.3. The van der Waals surface area contributed by atoms with Gasteiger partial charge in [-0.15, -0.1) is 13.2 Å². The van der Waals surface area contributed by atoms with Gasteiger partial charge in [0.25, 0.3) is 5.91 Å². The van der Waals surface area contributed by atoms with E-state index in [1.165, 1.54) is 9.80 Å². The summed E-state index contributed by atoms with van der Waals surface area (Å²) in [6, 6.07) is 12.8. The number of allylic oxidation sites excluding steroid dienone is 1. The number of ether oxygens (including phenoxy) is 2. The van der Waals surface area contributed by atoms with Crippen LogP contribution in [-0.2, 0) is 35.1 Å². The average Bonchev–Trinajstić information content (AvgIpc) is 3.72. The molecule has 7 atom stereocenters. The van der Waals surface area contributed by atoms with Gasteiger partial charge in [0.1, 0.15) is 17.7 Å². The average molecular weight is 678 g/mol. The maximum Gasteiger partial charge on any atom is 0.312 e. The molecule has 0 radical (unpaired) electrons. The lowest BCUT2D eigenvalue weighted by Gasteiger charge is -2.39. The Balaban J connectivity index is 1.51. The molecule has 5 rings (SSSR count). The number of hydrogen-bond acceptors (Lipinski definition) is 7. The first-order chi connectivity index (χ1) is 23.1. The van der Waals surface area contributed by atoms with Gasteiger partial charge in [-0.2, -0.15) is 0 Å². The van der Waals surface area contributed by atoms with Gasteiger partial charge >= 0.3 is 5.97 Å². The second kappa shape index (κ2) is 15.1. The highest BCUT2D eigenvalue weighted by Gasteiger charge is 2.75. The van der Waals surface area contributed by atoms with Gasteiger partial charge < -0.3 is 29.7 Å². The van der Waals surface area contributed by atoms with E-state index >= 15 is 0 Å². The monoisotopic (exact) mass is 677 g/mol. The van der Waals surface area contributed by atoms with E-state index in [-0.39, 0.29) is 31.8 Å². The lowest BCUT2D eigenvalue weighted by molar-refractivity contribution is -0.159. The number of aliphatic hydroxyl groups is 1. The molecule has 3 aliphatic rings. The SMILES string of the molecule is C=CCCC(=O)NC[C@@H](C)OC(=O)[C@@H]1[C@H]2C(=O)N([C@@H](CO)Cc3ccccc3)[C@H](C(=O)N(CC=C)c3c(C)cccc3Cl)[C@]23CC[C@H]1O3. The highest BCUT2D eigenvalue weighted by molar-refractivity contribution is 6.34. The molecule has 1 spiro atoms. The van der Waals surface area contributed by atoms with Gasteiger partial charge in [0.05, 0.1) is 47.8 Å². The van der Waals surface area contributed by atoms with Crippen molar-refractivity contribution in [2.45, 2.75) is 75.8 Å². The quantitative estimate of drug-likeness (QED) is 0.214. The van der Waals surface area contributed by atoms with E-state index < -0.39 is 66.1 Å². The molecule has 2 bridgehead atoms. The fraction of sp³-hybridized carbons (Fsp3) is 0.459. The summed E-state index contributed by atoms with van der Waals surface area (Å²) in [5.74, 6) is -3.64. The number of hydrogen-bond donors (Lipinski definition) is 2. The summed E-state index contributed by atoms with van der Waals surface area (Å²) in [6.07, 6.45) is 3.85. The fourth-order valence-electron chi connectivity index (χ4n) is 7.60. The van der Waals surface area contributed by atoms with Gasteiger partial charge in [-0.05, 0) is 56.7 Å². The van der Waals surface area contributed by atoms with Crippen molar-refractivity contribution in [1.82, 2.24) is 10.2 Å². The number of halogens is 1. The summed E-state index contributed by atoms with van der Waals surface area (Å²) in [4.78, 5) is 58.6. The van der Waals surface area contributed by atoms with Crippen molar-refractivity contribution in [3.8, 4) is 0 Å². The zero-order chi connectivity index (χ0) is 34.6. The third kappa shape index (κ3) is 6.66. The van der Waals surface area contributed by atoms with Gasteiger partial charge in [-0.25, -0.2) is 0 Å². The molecular formula is C37H44ClN3O7. The van der Waals surface area contributed by atoms with Crippen molar-refractivity contribution in [2.24, 2.45) is 11.8 Å². The molecule has 0 unspecified atom stereocenters. The lowest BCUT2D eigenvalue weighted by atomic mass is 9.70. The molecule has 3 aliphatic heterocycles. The van der Waals surface area contributed by atoms with Crippen LogP contribution in [0.15, 0.2) is 73.8 Å². The van der Waals surface area contributed by atoms with Crippen LogP contribution < -0.4 is 10.2 Å². The van der Waals surface area contributed by atoms with Crippen molar-refractivity contribution < 1.29 is 33.8 Å². The summed E-state index contributed by atoms with van der Waals surface area (Å²) in [7, 11) is 0. The Morgan fingerprint density at radius 1 is 1.19 bits per heavy atom. The minimum Gasteiger partial charge on any atom is -0.460 e. The largest absolute Gasteiger partial charge is 0.460 e. The third-order valence-corrected chi connectivity index (χ3v) is 9.98. The minimum absolute atomic E-state index is 0.105. The summed E-state index contributed by atoms with van der Waals surface area (Å²) < 4.78 is 12.4. The number of rotatable bonds is 15. The third-order valence-electron chi connectivity index (χ3n) is 9.68. The topological polar surface area (TPSA) is 125 Å². The van der Waals surface area contributed by atoms with Crippen molar-refractivity contribution >= 4 is 41.0 Å². The molecule has 10 nitrogen and oxygen atoms in total. The van der Waals surface area contributed by atoms with E-state index in [0.717, 1.165) is 11.1 Å². The number of anilines is 1. The summed E-state index contributed by atoms with van der Waals surface area (Å²) in [5.41, 5.74) is 0.797. The van der Waals surface area contributed by atoms with E-state index in [1.54, 1.807) is 31.2 Å². The van der Waals surface area contributed by atoms with Crippen LogP contribution in [0.25, 0.3) is 0 Å². The van der Waals surface area contributed by atoms with Crippen LogP contribution >= 0.6 is 11.6 Å². The predicted octanol–water partition coefficient (Wildman–Crippen LogP) is 4.16. The number of carbonyl (C=O) groups excluding carboxylic acids is 4. The fourth-order valence-corrected chi connectivity index (χ4v) is 7.92. The molecule has 48 heavy (non-hydrogen) atoms. The predicted molar refractivity (Wildman–Crippen MR) is 182 cm³/mol. The highest BCUT2D eigenvalue weighted by Crippen LogP contribution is 2.59. The molecule has 3 amide bonds. The summed E-state index contributed by atoms with van der Waals surface area (Å²) >= 11 is 6.67.